The summed E-state index contributed by atoms with van der Waals surface area (Å²) >= 11 is 0. The summed E-state index contributed by atoms with van der Waals surface area (Å²) in [5.41, 5.74) is 3.29. The number of fused-ring (bicyclic) bond motifs is 1. The third kappa shape index (κ3) is 1.95. The van der Waals surface area contributed by atoms with Gasteiger partial charge >= 0.3 is 0 Å². The van der Waals surface area contributed by atoms with Crippen LogP contribution >= 0.6 is 0 Å². The largest absolute Gasteiger partial charge is 0.389 e. The molecule has 1 N–H and O–H groups in total. The van der Waals surface area contributed by atoms with Gasteiger partial charge in [0.25, 0.3) is 0 Å². The van der Waals surface area contributed by atoms with Gasteiger partial charge in [0, 0.05) is 19.5 Å². The Morgan fingerprint density at radius 3 is 2.75 bits per heavy atom. The first-order chi connectivity index (χ1) is 7.61. The van der Waals surface area contributed by atoms with E-state index in [0.29, 0.717) is 19.5 Å². The smallest absolute Gasteiger partial charge is 0.222 e. The number of hydrogen-bond acceptors (Lipinski definition) is 2. The van der Waals surface area contributed by atoms with Crippen molar-refractivity contribution >= 4 is 5.91 Å². The van der Waals surface area contributed by atoms with E-state index in [1.807, 2.05) is 30.0 Å². The summed E-state index contributed by atoms with van der Waals surface area (Å²) in [6.45, 7) is 5.03. The van der Waals surface area contributed by atoms with E-state index in [4.69, 9.17) is 0 Å². The summed E-state index contributed by atoms with van der Waals surface area (Å²) in [5, 5.41) is 9.50. The zero-order valence-corrected chi connectivity index (χ0v) is 9.73. The lowest BCUT2D eigenvalue weighted by molar-refractivity contribution is -0.131. The van der Waals surface area contributed by atoms with Gasteiger partial charge in [0.2, 0.25) is 5.91 Å². The second-order valence-electron chi connectivity index (χ2n) is 4.31. The molecule has 0 fully saturated rings. The summed E-state index contributed by atoms with van der Waals surface area (Å²) in [6, 6.07) is 5.95. The minimum absolute atomic E-state index is 0.190. The molecule has 3 heteroatoms. The van der Waals surface area contributed by atoms with Crippen LogP contribution in [0.1, 0.15) is 43.1 Å². The van der Waals surface area contributed by atoms with Gasteiger partial charge < -0.3 is 10.0 Å². The van der Waals surface area contributed by atoms with Crippen LogP contribution in [0.25, 0.3) is 0 Å². The fourth-order valence-electron chi connectivity index (χ4n) is 2.07. The van der Waals surface area contributed by atoms with Crippen molar-refractivity contribution in [1.29, 1.82) is 0 Å². The maximum atomic E-state index is 11.6. The Morgan fingerprint density at radius 2 is 2.12 bits per heavy atom. The molecule has 0 aromatic heterocycles. The summed E-state index contributed by atoms with van der Waals surface area (Å²) in [4.78, 5) is 13.4. The van der Waals surface area contributed by atoms with Crippen LogP contribution in [-0.2, 0) is 17.9 Å². The lowest BCUT2D eigenvalue weighted by atomic mass is 10.0. The summed E-state index contributed by atoms with van der Waals surface area (Å²) in [6.07, 6.45) is 0.110. The molecule has 0 radical (unpaired) electrons. The number of carbonyl (C=O) groups is 1. The highest BCUT2D eigenvalue weighted by Crippen LogP contribution is 2.26. The Labute approximate surface area is 95.7 Å². The molecule has 0 spiro atoms. The standard InChI is InChI=1S/C13H17NO2/c1-3-13(16)14-7-11-5-4-10(9(2)15)6-12(11)8-14/h4-6,9,15H,3,7-8H2,1-2H3. The Bertz CT molecular complexity index is 412. The number of benzene rings is 1. The Kier molecular flexibility index (Phi) is 2.97. The van der Waals surface area contributed by atoms with Gasteiger partial charge in [-0.2, -0.15) is 0 Å². The van der Waals surface area contributed by atoms with Crippen LogP contribution in [-0.4, -0.2) is 15.9 Å². The maximum Gasteiger partial charge on any atom is 0.222 e. The number of amides is 1. The van der Waals surface area contributed by atoms with Crippen molar-refractivity contribution < 1.29 is 9.90 Å². The molecule has 1 aliphatic rings. The molecule has 1 aromatic carbocycles. The second kappa shape index (κ2) is 4.26. The Hall–Kier alpha value is -1.35. The first kappa shape index (κ1) is 11.1. The van der Waals surface area contributed by atoms with Crippen molar-refractivity contribution in [2.45, 2.75) is 39.5 Å². The first-order valence-electron chi connectivity index (χ1n) is 5.69. The fraction of sp³-hybridized carbons (Fsp3) is 0.462. The lowest BCUT2D eigenvalue weighted by Gasteiger charge is -2.13. The summed E-state index contributed by atoms with van der Waals surface area (Å²) in [7, 11) is 0. The predicted octanol–water partition coefficient (Wildman–Crippen LogP) is 1.99. The van der Waals surface area contributed by atoms with Crippen LogP contribution in [0.15, 0.2) is 18.2 Å². The van der Waals surface area contributed by atoms with Gasteiger partial charge in [0.15, 0.2) is 0 Å². The molecule has 1 atom stereocenters. The van der Waals surface area contributed by atoms with Crippen molar-refractivity contribution in [3.05, 3.63) is 34.9 Å². The molecule has 1 aromatic rings. The molecule has 16 heavy (non-hydrogen) atoms. The molecule has 3 nitrogen and oxygen atoms in total. The molecule has 0 saturated heterocycles. The van der Waals surface area contributed by atoms with E-state index in [0.717, 1.165) is 5.56 Å². The average Bonchev–Trinajstić information content (AvgIpc) is 2.70. The van der Waals surface area contributed by atoms with Gasteiger partial charge in [0.1, 0.15) is 0 Å². The number of aliphatic hydroxyl groups is 1. The van der Waals surface area contributed by atoms with E-state index in [-0.39, 0.29) is 5.91 Å². The molecule has 1 heterocycles. The van der Waals surface area contributed by atoms with Crippen molar-refractivity contribution in [3.8, 4) is 0 Å². The zero-order chi connectivity index (χ0) is 11.7. The Balaban J connectivity index is 2.21. The Morgan fingerprint density at radius 1 is 1.44 bits per heavy atom. The van der Waals surface area contributed by atoms with Crippen LogP contribution in [0.4, 0.5) is 0 Å². The lowest BCUT2D eigenvalue weighted by Crippen LogP contribution is -2.23. The molecule has 2 rings (SSSR count). The average molecular weight is 219 g/mol. The summed E-state index contributed by atoms with van der Waals surface area (Å²) in [5.74, 6) is 0.190. The highest BCUT2D eigenvalue weighted by Gasteiger charge is 2.22. The predicted molar refractivity (Wildman–Crippen MR) is 61.6 cm³/mol. The van der Waals surface area contributed by atoms with Crippen LogP contribution in [0, 0.1) is 0 Å². The molecule has 0 aliphatic carbocycles. The molecule has 1 aliphatic heterocycles. The second-order valence-corrected chi connectivity index (χ2v) is 4.31. The van der Waals surface area contributed by atoms with Crippen LogP contribution < -0.4 is 0 Å². The van der Waals surface area contributed by atoms with Gasteiger partial charge in [-0.15, -0.1) is 0 Å². The molecule has 0 bridgehead atoms. The third-order valence-corrected chi connectivity index (χ3v) is 3.09. The van der Waals surface area contributed by atoms with E-state index < -0.39 is 6.10 Å². The van der Waals surface area contributed by atoms with Crippen LogP contribution in [0.2, 0.25) is 0 Å². The number of aliphatic hydroxyl groups excluding tert-OH is 1. The SMILES string of the molecule is CCC(=O)N1Cc2ccc(C(C)O)cc2C1. The minimum atomic E-state index is -0.443. The monoisotopic (exact) mass is 219 g/mol. The highest BCUT2D eigenvalue weighted by atomic mass is 16.3. The van der Waals surface area contributed by atoms with Crippen molar-refractivity contribution in [3.63, 3.8) is 0 Å². The van der Waals surface area contributed by atoms with Gasteiger partial charge in [-0.1, -0.05) is 25.1 Å². The van der Waals surface area contributed by atoms with Crippen molar-refractivity contribution in [1.82, 2.24) is 4.90 Å². The van der Waals surface area contributed by atoms with E-state index in [2.05, 4.69) is 0 Å². The van der Waals surface area contributed by atoms with E-state index >= 15 is 0 Å². The molecular formula is C13H17NO2. The van der Waals surface area contributed by atoms with Crippen molar-refractivity contribution in [2.24, 2.45) is 0 Å². The fourth-order valence-corrected chi connectivity index (χ4v) is 2.07. The summed E-state index contributed by atoms with van der Waals surface area (Å²) < 4.78 is 0. The van der Waals surface area contributed by atoms with Gasteiger partial charge in [-0.25, -0.2) is 0 Å². The number of rotatable bonds is 2. The minimum Gasteiger partial charge on any atom is -0.389 e. The quantitative estimate of drug-likeness (QED) is 0.826. The van der Waals surface area contributed by atoms with Gasteiger partial charge in [-0.3, -0.25) is 4.79 Å². The van der Waals surface area contributed by atoms with Crippen LogP contribution in [0.3, 0.4) is 0 Å². The molecule has 0 saturated carbocycles. The molecule has 1 unspecified atom stereocenters. The number of hydrogen-bond donors (Lipinski definition) is 1. The topological polar surface area (TPSA) is 40.5 Å². The first-order valence-corrected chi connectivity index (χ1v) is 5.69. The zero-order valence-electron chi connectivity index (χ0n) is 9.73. The number of carbonyl (C=O) groups excluding carboxylic acids is 1. The van der Waals surface area contributed by atoms with E-state index in [1.165, 1.54) is 11.1 Å². The third-order valence-electron chi connectivity index (χ3n) is 3.09. The molecular weight excluding hydrogens is 202 g/mol. The number of nitrogens with zero attached hydrogens (tertiary/aromatic N) is 1. The van der Waals surface area contributed by atoms with E-state index in [9.17, 15) is 9.90 Å². The molecule has 86 valence electrons. The van der Waals surface area contributed by atoms with Crippen molar-refractivity contribution in [2.75, 3.05) is 0 Å². The molecule has 1 amide bonds. The highest BCUT2D eigenvalue weighted by molar-refractivity contribution is 5.76. The van der Waals surface area contributed by atoms with E-state index in [1.54, 1.807) is 6.92 Å². The maximum absolute atomic E-state index is 11.6. The van der Waals surface area contributed by atoms with Crippen LogP contribution in [0.5, 0.6) is 0 Å². The van der Waals surface area contributed by atoms with Gasteiger partial charge in [0.05, 0.1) is 6.10 Å². The van der Waals surface area contributed by atoms with Gasteiger partial charge in [-0.05, 0) is 23.6 Å². The normalized spacial score (nSPS) is 16.1.